The second kappa shape index (κ2) is 7.35. The van der Waals surface area contributed by atoms with Crippen molar-refractivity contribution in [2.75, 3.05) is 38.6 Å². The Labute approximate surface area is 167 Å². The molecule has 1 saturated heterocycles. The highest BCUT2D eigenvalue weighted by Crippen LogP contribution is 2.46. The average Bonchev–Trinajstić information content (AvgIpc) is 3.25. The van der Waals surface area contributed by atoms with Crippen LogP contribution in [0.3, 0.4) is 0 Å². The number of nitrogens with one attached hydrogen (secondary N) is 1. The normalized spacial score (nSPS) is 27.2. The third-order valence-corrected chi connectivity index (χ3v) is 8.25. The highest BCUT2D eigenvalue weighted by atomic mass is 35.5. The molecule has 1 aromatic rings. The molecule has 1 saturated carbocycles. The Balaban J connectivity index is 0.00000210. The van der Waals surface area contributed by atoms with Crippen molar-refractivity contribution in [1.82, 2.24) is 9.62 Å². The topological polar surface area (TPSA) is 69.7 Å². The first-order valence-electron chi connectivity index (χ1n) is 9.44. The molecule has 150 valence electrons. The van der Waals surface area contributed by atoms with Gasteiger partial charge < -0.3 is 10.2 Å². The van der Waals surface area contributed by atoms with Crippen molar-refractivity contribution in [3.8, 4) is 0 Å². The minimum Gasteiger partial charge on any atom is -0.315 e. The maximum Gasteiger partial charge on any atom is 0.242 e. The number of rotatable bonds is 3. The highest BCUT2D eigenvalue weighted by molar-refractivity contribution is 7.89. The fourth-order valence-electron chi connectivity index (χ4n) is 4.88. The second-order valence-electron chi connectivity index (χ2n) is 8.01. The van der Waals surface area contributed by atoms with Gasteiger partial charge in [0.05, 0.1) is 10.3 Å². The molecule has 2 heterocycles. The van der Waals surface area contributed by atoms with E-state index in [4.69, 9.17) is 0 Å². The number of benzene rings is 1. The molecule has 27 heavy (non-hydrogen) atoms. The number of hydrogen-bond donors (Lipinski definition) is 1. The third kappa shape index (κ3) is 3.18. The predicted molar refractivity (Wildman–Crippen MR) is 108 cm³/mol. The lowest BCUT2D eigenvalue weighted by molar-refractivity contribution is -0.131. The van der Waals surface area contributed by atoms with Gasteiger partial charge in [-0.25, -0.2) is 12.7 Å². The molecule has 0 bridgehead atoms. The average molecular weight is 414 g/mol. The summed E-state index contributed by atoms with van der Waals surface area (Å²) < 4.78 is 26.2. The van der Waals surface area contributed by atoms with Crippen LogP contribution < -0.4 is 10.2 Å². The largest absolute Gasteiger partial charge is 0.315 e. The molecule has 2 aliphatic heterocycles. The number of hydrogen-bond acceptors (Lipinski definition) is 4. The molecule has 0 spiro atoms. The quantitative estimate of drug-likeness (QED) is 0.823. The summed E-state index contributed by atoms with van der Waals surface area (Å²) in [4.78, 5) is 15.7. The minimum absolute atomic E-state index is 0. The first-order chi connectivity index (χ1) is 12.4. The van der Waals surface area contributed by atoms with E-state index >= 15 is 0 Å². The predicted octanol–water partition coefficient (Wildman–Crippen LogP) is 2.03. The molecule has 4 rings (SSSR count). The Morgan fingerprint density at radius 1 is 1.30 bits per heavy atom. The molecule has 1 aliphatic carbocycles. The minimum atomic E-state index is -3.51. The lowest BCUT2D eigenvalue weighted by Crippen LogP contribution is -2.49. The Hall–Kier alpha value is -1.15. The van der Waals surface area contributed by atoms with E-state index in [-0.39, 0.29) is 28.6 Å². The van der Waals surface area contributed by atoms with Gasteiger partial charge >= 0.3 is 0 Å². The summed E-state index contributed by atoms with van der Waals surface area (Å²) in [6, 6.07) is 5.20. The summed E-state index contributed by atoms with van der Waals surface area (Å²) in [7, 11) is -0.451. The maximum atomic E-state index is 13.6. The number of carbonyl (C=O) groups is 1. The summed E-state index contributed by atoms with van der Waals surface area (Å²) >= 11 is 0. The van der Waals surface area contributed by atoms with Crippen LogP contribution in [0.4, 0.5) is 5.69 Å². The standard InChI is InChI=1S/C19H27N3O3S.ClH/c1-21(2)26(24,25)16-7-6-14-8-10-22(17(14)11-16)18(23)19-9-4-3-5-15(19)12-20-13-19;/h6-7,11,15,20H,3-5,8-10,12-13H2,1-2H3;1H/t15-,19+;/m0./s1. The van der Waals surface area contributed by atoms with E-state index in [1.54, 1.807) is 12.1 Å². The lowest BCUT2D eigenvalue weighted by Gasteiger charge is -2.40. The Morgan fingerprint density at radius 3 is 2.81 bits per heavy atom. The van der Waals surface area contributed by atoms with Gasteiger partial charge in [0, 0.05) is 32.9 Å². The smallest absolute Gasteiger partial charge is 0.242 e. The number of amides is 1. The number of sulfonamides is 1. The van der Waals surface area contributed by atoms with Crippen molar-refractivity contribution in [2.45, 2.75) is 37.0 Å². The molecule has 2 fully saturated rings. The van der Waals surface area contributed by atoms with Crippen LogP contribution in [0.25, 0.3) is 0 Å². The van der Waals surface area contributed by atoms with Gasteiger partial charge in [0.25, 0.3) is 0 Å². The number of carbonyl (C=O) groups excluding carboxylic acids is 1. The van der Waals surface area contributed by atoms with Gasteiger partial charge in [0.2, 0.25) is 15.9 Å². The number of anilines is 1. The zero-order valence-electron chi connectivity index (χ0n) is 15.9. The van der Waals surface area contributed by atoms with Crippen LogP contribution in [0.15, 0.2) is 23.1 Å². The molecule has 0 aromatic heterocycles. The summed E-state index contributed by atoms with van der Waals surface area (Å²) in [6.45, 7) is 2.31. The van der Waals surface area contributed by atoms with E-state index in [0.29, 0.717) is 12.5 Å². The SMILES string of the molecule is CN(C)S(=O)(=O)c1ccc2c(c1)N(C(=O)[C@@]13CCCC[C@H]1CNC3)CC2.Cl. The number of halogens is 1. The maximum absolute atomic E-state index is 13.6. The van der Waals surface area contributed by atoms with Crippen molar-refractivity contribution in [1.29, 1.82) is 0 Å². The first kappa shape index (κ1) is 20.6. The van der Waals surface area contributed by atoms with Crippen molar-refractivity contribution in [3.63, 3.8) is 0 Å². The Morgan fingerprint density at radius 2 is 2.07 bits per heavy atom. The van der Waals surface area contributed by atoms with Gasteiger partial charge in [-0.3, -0.25) is 4.79 Å². The molecule has 6 nitrogen and oxygen atoms in total. The van der Waals surface area contributed by atoms with Gasteiger partial charge in [-0.15, -0.1) is 12.4 Å². The highest BCUT2D eigenvalue weighted by Gasteiger charge is 2.52. The Kier molecular flexibility index (Phi) is 5.60. The first-order valence-corrected chi connectivity index (χ1v) is 10.9. The lowest BCUT2D eigenvalue weighted by atomic mass is 9.67. The van der Waals surface area contributed by atoms with E-state index in [9.17, 15) is 13.2 Å². The molecule has 1 aromatic carbocycles. The molecule has 1 amide bonds. The summed E-state index contributed by atoms with van der Waals surface area (Å²) in [5, 5.41) is 3.43. The van der Waals surface area contributed by atoms with Crippen LogP contribution >= 0.6 is 12.4 Å². The van der Waals surface area contributed by atoms with Crippen LogP contribution in [-0.2, 0) is 21.2 Å². The second-order valence-corrected chi connectivity index (χ2v) is 10.2. The fraction of sp³-hybridized carbons (Fsp3) is 0.632. The van der Waals surface area contributed by atoms with Crippen molar-refractivity contribution >= 4 is 34.0 Å². The van der Waals surface area contributed by atoms with E-state index in [1.807, 2.05) is 11.0 Å². The van der Waals surface area contributed by atoms with Gasteiger partial charge in [0.15, 0.2) is 0 Å². The molecule has 0 unspecified atom stereocenters. The van der Waals surface area contributed by atoms with Gasteiger partial charge in [0.1, 0.15) is 0 Å². The summed E-state index contributed by atoms with van der Waals surface area (Å²) in [6.07, 6.45) is 5.12. The molecule has 3 aliphatic rings. The van der Waals surface area contributed by atoms with Crippen LogP contribution in [0.1, 0.15) is 31.2 Å². The van der Waals surface area contributed by atoms with Gasteiger partial charge in [-0.2, -0.15) is 0 Å². The van der Waals surface area contributed by atoms with Gasteiger partial charge in [-0.1, -0.05) is 18.9 Å². The van der Waals surface area contributed by atoms with Crippen molar-refractivity contribution in [3.05, 3.63) is 23.8 Å². The van der Waals surface area contributed by atoms with E-state index in [0.717, 1.165) is 50.0 Å². The molecular weight excluding hydrogens is 386 g/mol. The summed E-state index contributed by atoms with van der Waals surface area (Å²) in [5.74, 6) is 0.590. The molecule has 2 atom stereocenters. The van der Waals surface area contributed by atoms with Gasteiger partial charge in [-0.05, 0) is 49.4 Å². The van der Waals surface area contributed by atoms with Crippen molar-refractivity contribution in [2.24, 2.45) is 11.3 Å². The molecule has 0 radical (unpaired) electrons. The summed E-state index contributed by atoms with van der Waals surface area (Å²) in [5.41, 5.74) is 1.53. The Bertz CT molecular complexity index is 843. The monoisotopic (exact) mass is 413 g/mol. The third-order valence-electron chi connectivity index (χ3n) is 6.44. The zero-order valence-corrected chi connectivity index (χ0v) is 17.5. The van der Waals surface area contributed by atoms with E-state index < -0.39 is 10.0 Å². The zero-order chi connectivity index (χ0) is 18.5. The molecule has 1 N–H and O–H groups in total. The number of nitrogens with zero attached hydrogens (tertiary/aromatic N) is 2. The van der Waals surface area contributed by atoms with Crippen LogP contribution in [-0.4, -0.2) is 52.4 Å². The van der Waals surface area contributed by atoms with Crippen LogP contribution in [0.2, 0.25) is 0 Å². The van der Waals surface area contributed by atoms with Crippen molar-refractivity contribution < 1.29 is 13.2 Å². The van der Waals surface area contributed by atoms with E-state index in [2.05, 4.69) is 5.32 Å². The van der Waals surface area contributed by atoms with E-state index in [1.165, 1.54) is 24.8 Å². The van der Waals surface area contributed by atoms with Crippen LogP contribution in [0, 0.1) is 11.3 Å². The molecular formula is C19H28ClN3O3S. The fourth-order valence-corrected chi connectivity index (χ4v) is 5.80. The van der Waals surface area contributed by atoms with Crippen LogP contribution in [0.5, 0.6) is 0 Å². The molecule has 8 heteroatoms. The number of fused-ring (bicyclic) bond motifs is 2.